The second kappa shape index (κ2) is 9.67. The van der Waals surface area contributed by atoms with Crippen LogP contribution in [0.2, 0.25) is 8.58 Å². The van der Waals surface area contributed by atoms with Gasteiger partial charge in [-0.2, -0.15) is 0 Å². The normalized spacial score (nSPS) is 12.3. The summed E-state index contributed by atoms with van der Waals surface area (Å²) in [4.78, 5) is 5.44. The third-order valence-electron chi connectivity index (χ3n) is 4.64. The van der Waals surface area contributed by atoms with Crippen molar-refractivity contribution in [1.82, 2.24) is 9.38 Å². The number of hydrogen-bond donors (Lipinski definition) is 0. The topological polar surface area (TPSA) is 17.3 Å². The van der Waals surface area contributed by atoms with Gasteiger partial charge < -0.3 is 0 Å². The molecule has 0 fully saturated rings. The molecule has 2 nitrogen and oxygen atoms in total. The number of fused-ring (bicyclic) bond motifs is 1. The van der Waals surface area contributed by atoms with Crippen LogP contribution in [-0.4, -0.2) is 30.5 Å². The van der Waals surface area contributed by atoms with E-state index < -0.39 is 21.1 Å². The first-order valence-corrected chi connectivity index (χ1v) is 13.1. The fourth-order valence-electron chi connectivity index (χ4n) is 3.23. The Morgan fingerprint density at radius 1 is 1.09 bits per heavy atom. The maximum atomic E-state index is 6.21. The van der Waals surface area contributed by atoms with Crippen molar-refractivity contribution < 1.29 is 0 Å². The van der Waals surface area contributed by atoms with E-state index in [1.807, 2.05) is 6.33 Å². The molecule has 128 valence electrons. The third-order valence-corrected chi connectivity index (χ3v) is 12.1. The average molecular weight is 460 g/mol. The Balaban J connectivity index is 2.25. The Morgan fingerprint density at radius 2 is 1.65 bits per heavy atom. The van der Waals surface area contributed by atoms with Gasteiger partial charge in [-0.3, -0.25) is 0 Å². The number of aromatic nitrogens is 2. The Morgan fingerprint density at radius 3 is 2.17 bits per heavy atom. The van der Waals surface area contributed by atoms with Gasteiger partial charge in [0.25, 0.3) is 0 Å². The second-order valence-corrected chi connectivity index (χ2v) is 13.0. The molecule has 2 aromatic rings. The molecule has 0 aliphatic heterocycles. The summed E-state index contributed by atoms with van der Waals surface area (Å²) < 4.78 is 4.48. The van der Waals surface area contributed by atoms with Crippen LogP contribution in [0.1, 0.15) is 78.6 Å². The average Bonchev–Trinajstić information content (AvgIpc) is 3.12. The zero-order chi connectivity index (χ0) is 16.7. The second-order valence-electron chi connectivity index (χ2n) is 6.55. The van der Waals surface area contributed by atoms with Crippen LogP contribution in [0.4, 0.5) is 0 Å². The van der Waals surface area contributed by atoms with E-state index in [1.54, 1.807) is 15.0 Å². The predicted molar refractivity (Wildman–Crippen MR) is 105 cm³/mol. The van der Waals surface area contributed by atoms with E-state index in [1.165, 1.54) is 57.8 Å². The van der Waals surface area contributed by atoms with Gasteiger partial charge in [-0.15, -0.1) is 0 Å². The molecule has 0 unspecified atom stereocenters. The number of nitrogens with zero attached hydrogens (tertiary/aromatic N) is 2. The van der Waals surface area contributed by atoms with Crippen molar-refractivity contribution in [2.75, 3.05) is 0 Å². The molecule has 23 heavy (non-hydrogen) atoms. The molecule has 0 bridgehead atoms. The summed E-state index contributed by atoms with van der Waals surface area (Å²) in [6.45, 7) is 6.98. The third kappa shape index (κ3) is 5.12. The molecule has 0 saturated heterocycles. The van der Waals surface area contributed by atoms with E-state index in [4.69, 9.17) is 11.6 Å². The molecular formula is C18H29ClN2SSn. The molecule has 0 spiro atoms. The van der Waals surface area contributed by atoms with Crippen LogP contribution in [-0.2, 0) is 0 Å². The standard InChI is InChI=1S/C13H27.C5H2ClN2S.Sn/c1-4-7-10-13(11-8-5-2)12-9-6-3;6-4-5-8(3-7-4)1-2-9-5;/h4-12H2,1-3H3;2-3H;. The molecule has 2 rings (SSSR count). The van der Waals surface area contributed by atoms with Gasteiger partial charge in [-0.1, -0.05) is 0 Å². The Hall–Kier alpha value is 0.259. The minimum atomic E-state index is -0.698. The van der Waals surface area contributed by atoms with Gasteiger partial charge in [0.2, 0.25) is 0 Å². The van der Waals surface area contributed by atoms with E-state index in [0.29, 0.717) is 8.58 Å². The summed E-state index contributed by atoms with van der Waals surface area (Å²) in [7, 11) is 0. The molecular weight excluding hydrogens is 430 g/mol. The van der Waals surface area contributed by atoms with Crippen LogP contribution >= 0.6 is 22.9 Å². The fraction of sp³-hybridized carbons (Fsp3) is 0.722. The molecule has 0 atom stereocenters. The first kappa shape index (κ1) is 19.6. The van der Waals surface area contributed by atoms with E-state index in [2.05, 4.69) is 35.5 Å². The van der Waals surface area contributed by atoms with Gasteiger partial charge in [-0.25, -0.2) is 0 Å². The van der Waals surface area contributed by atoms with Crippen LogP contribution in [0.5, 0.6) is 0 Å². The molecule has 5 heteroatoms. The molecule has 0 aliphatic carbocycles. The summed E-state index contributed by atoms with van der Waals surface area (Å²) in [5.74, 6) is 0. The van der Waals surface area contributed by atoms with E-state index in [-0.39, 0.29) is 0 Å². The van der Waals surface area contributed by atoms with Crippen LogP contribution in [0.25, 0.3) is 4.83 Å². The Bertz CT molecular complexity index is 571. The number of hydrogen-bond acceptors (Lipinski definition) is 2. The predicted octanol–water partition coefficient (Wildman–Crippen LogP) is 6.11. The number of imidazole rings is 1. The van der Waals surface area contributed by atoms with Crippen molar-refractivity contribution in [2.45, 2.75) is 82.0 Å². The number of thiazole rings is 1. The van der Waals surface area contributed by atoms with Crippen molar-refractivity contribution in [3.05, 3.63) is 16.9 Å². The zero-order valence-corrected chi connectivity index (χ0v) is 19.1. The van der Waals surface area contributed by atoms with Crippen LogP contribution in [0, 0.1) is 0 Å². The summed E-state index contributed by atoms with van der Waals surface area (Å²) in [5.41, 5.74) is 0. The number of halogens is 1. The summed E-state index contributed by atoms with van der Waals surface area (Å²) in [6, 6.07) is 0. The molecule has 0 saturated carbocycles. The van der Waals surface area contributed by atoms with Crippen molar-refractivity contribution in [3.8, 4) is 0 Å². The summed E-state index contributed by atoms with van der Waals surface area (Å²) in [5, 5.41) is 3.04. The molecule has 0 aliphatic rings. The molecule has 0 N–H and O–H groups in total. The molecule has 2 heterocycles. The minimum absolute atomic E-state index is 0.621. The quantitative estimate of drug-likeness (QED) is 0.371. The van der Waals surface area contributed by atoms with E-state index in [0.717, 1.165) is 4.83 Å². The van der Waals surface area contributed by atoms with Gasteiger partial charge in [0.1, 0.15) is 0 Å². The summed E-state index contributed by atoms with van der Waals surface area (Å²) >= 11 is 7.28. The van der Waals surface area contributed by atoms with Gasteiger partial charge in [0, 0.05) is 0 Å². The van der Waals surface area contributed by atoms with Crippen molar-refractivity contribution in [1.29, 1.82) is 0 Å². The van der Waals surface area contributed by atoms with Crippen LogP contribution < -0.4 is 3.71 Å². The van der Waals surface area contributed by atoms with Crippen LogP contribution in [0.3, 0.4) is 0 Å². The fourth-order valence-corrected chi connectivity index (χ4v) is 10.5. The monoisotopic (exact) mass is 460 g/mol. The van der Waals surface area contributed by atoms with Crippen LogP contribution in [0.15, 0.2) is 11.7 Å². The molecule has 0 aromatic carbocycles. The Kier molecular flexibility index (Phi) is 8.23. The SMILES string of the molecule is CCCC[C](CCCC)(CCCC)[Sn][c]1csc2c(Cl)ncn12. The van der Waals surface area contributed by atoms with Gasteiger partial charge in [0.05, 0.1) is 0 Å². The molecule has 0 amide bonds. The van der Waals surface area contributed by atoms with Crippen molar-refractivity contribution in [2.24, 2.45) is 0 Å². The first-order valence-electron chi connectivity index (χ1n) is 9.04. The van der Waals surface area contributed by atoms with Gasteiger partial charge in [-0.05, 0) is 0 Å². The van der Waals surface area contributed by atoms with E-state index in [9.17, 15) is 0 Å². The maximum absolute atomic E-state index is 6.21. The zero-order valence-electron chi connectivity index (χ0n) is 14.7. The van der Waals surface area contributed by atoms with Crippen molar-refractivity contribution in [3.63, 3.8) is 0 Å². The molecule has 2 aromatic heterocycles. The van der Waals surface area contributed by atoms with E-state index >= 15 is 0 Å². The first-order chi connectivity index (χ1) is 11.2. The number of rotatable bonds is 11. The van der Waals surface area contributed by atoms with Gasteiger partial charge >= 0.3 is 161 Å². The number of unbranched alkanes of at least 4 members (excludes halogenated alkanes) is 3. The Labute approximate surface area is 160 Å². The van der Waals surface area contributed by atoms with Gasteiger partial charge in [0.15, 0.2) is 0 Å². The summed E-state index contributed by atoms with van der Waals surface area (Å²) in [6.07, 6.45) is 14.3. The van der Waals surface area contributed by atoms with Crippen molar-refractivity contribution >= 4 is 52.6 Å². The molecule has 2 radical (unpaired) electrons.